The number of methoxy groups -OCH3 is 1. The molecule has 3 aromatic rings. The number of hydrogen-bond acceptors (Lipinski definition) is 7. The molecule has 3 N–H and O–H groups in total. The Morgan fingerprint density at radius 2 is 1.67 bits per heavy atom. The van der Waals surface area contributed by atoms with Crippen molar-refractivity contribution in [1.29, 1.82) is 0 Å². The largest absolute Gasteiger partial charge is 0.496 e. The summed E-state index contributed by atoms with van der Waals surface area (Å²) in [6, 6.07) is 13.5. The average Bonchev–Trinajstić information content (AvgIpc) is 2.79. The molecular weight excluding hydrogens is 440 g/mol. The molecule has 33 heavy (non-hydrogen) atoms. The van der Waals surface area contributed by atoms with Crippen LogP contribution in [0.15, 0.2) is 48.8 Å². The van der Waals surface area contributed by atoms with Crippen LogP contribution in [0.1, 0.15) is 17.5 Å². The molecule has 1 amide bonds. The molecule has 0 aliphatic carbocycles. The van der Waals surface area contributed by atoms with Crippen molar-refractivity contribution in [1.82, 2.24) is 20.2 Å². The van der Waals surface area contributed by atoms with Crippen molar-refractivity contribution < 1.29 is 9.53 Å². The van der Waals surface area contributed by atoms with E-state index in [2.05, 4.69) is 25.9 Å². The Bertz CT molecular complexity index is 1140. The van der Waals surface area contributed by atoms with E-state index in [1.54, 1.807) is 7.11 Å². The molecule has 1 aliphatic rings. The maximum atomic E-state index is 12.4. The van der Waals surface area contributed by atoms with Crippen molar-refractivity contribution in [3.05, 3.63) is 64.9 Å². The Kier molecular flexibility index (Phi) is 7.26. The summed E-state index contributed by atoms with van der Waals surface area (Å²) in [6.07, 6.45) is 3.08. The smallest absolute Gasteiger partial charge is 0.234 e. The van der Waals surface area contributed by atoms with Gasteiger partial charge in [-0.15, -0.1) is 0 Å². The van der Waals surface area contributed by atoms with Crippen molar-refractivity contribution in [2.45, 2.75) is 19.4 Å². The first kappa shape index (κ1) is 22.8. The number of nitrogens with one attached hydrogen (secondary N) is 3. The highest BCUT2D eigenvalue weighted by atomic mass is 35.5. The predicted molar refractivity (Wildman–Crippen MR) is 131 cm³/mol. The number of fused-ring (bicyclic) bond motifs is 6. The number of carbonyl (C=O) groups is 1. The van der Waals surface area contributed by atoms with Gasteiger partial charge in [0.25, 0.3) is 0 Å². The van der Waals surface area contributed by atoms with E-state index in [0.717, 1.165) is 41.1 Å². The Balaban J connectivity index is 1.65. The molecule has 0 unspecified atom stereocenters. The second kappa shape index (κ2) is 10.5. The fourth-order valence-corrected chi connectivity index (χ4v) is 3.95. The number of rotatable bonds is 1. The third-order valence-electron chi connectivity index (χ3n) is 5.34. The van der Waals surface area contributed by atoms with E-state index in [-0.39, 0.29) is 12.5 Å². The third kappa shape index (κ3) is 6.12. The minimum Gasteiger partial charge on any atom is -0.496 e. The zero-order valence-corrected chi connectivity index (χ0v) is 19.4. The lowest BCUT2D eigenvalue weighted by atomic mass is 10.1. The van der Waals surface area contributed by atoms with Crippen molar-refractivity contribution in [3.8, 4) is 5.75 Å². The zero-order chi connectivity index (χ0) is 23.2. The first-order valence-corrected chi connectivity index (χ1v) is 11.1. The van der Waals surface area contributed by atoms with Gasteiger partial charge in [-0.2, -0.15) is 0 Å². The highest BCUT2D eigenvalue weighted by Crippen LogP contribution is 2.27. The Morgan fingerprint density at radius 3 is 2.39 bits per heavy atom. The van der Waals surface area contributed by atoms with Gasteiger partial charge in [0.1, 0.15) is 23.7 Å². The molecule has 8 nitrogen and oxygen atoms in total. The highest BCUT2D eigenvalue weighted by Gasteiger charge is 2.12. The fourth-order valence-electron chi connectivity index (χ4n) is 3.77. The molecule has 0 fully saturated rings. The van der Waals surface area contributed by atoms with Crippen LogP contribution < -0.4 is 20.7 Å². The lowest BCUT2D eigenvalue weighted by molar-refractivity contribution is -0.122. The van der Waals surface area contributed by atoms with Crippen LogP contribution in [0, 0.1) is 0 Å². The molecule has 0 radical (unpaired) electrons. The summed E-state index contributed by atoms with van der Waals surface area (Å²) in [5.74, 6) is 2.12. The Morgan fingerprint density at radius 1 is 0.970 bits per heavy atom. The van der Waals surface area contributed by atoms with Crippen LogP contribution in [0.2, 0.25) is 5.02 Å². The van der Waals surface area contributed by atoms with Gasteiger partial charge < -0.3 is 20.7 Å². The van der Waals surface area contributed by atoms with Gasteiger partial charge >= 0.3 is 0 Å². The topological polar surface area (TPSA) is 91.4 Å². The van der Waals surface area contributed by atoms with Crippen LogP contribution in [-0.4, -0.2) is 48.0 Å². The maximum Gasteiger partial charge on any atom is 0.234 e. The van der Waals surface area contributed by atoms with Gasteiger partial charge in [-0.1, -0.05) is 11.6 Å². The molecule has 2 heterocycles. The SMILES string of the molecule is COc1ccc2cc1CCCNC(=O)CN(C)Cc1cc(ccc1Cl)Nc1cc(ncn1)N2. The summed E-state index contributed by atoms with van der Waals surface area (Å²) < 4.78 is 5.52. The molecule has 1 aromatic heterocycles. The quantitative estimate of drug-likeness (QED) is 0.497. The van der Waals surface area contributed by atoms with Gasteiger partial charge in [0.05, 0.1) is 13.7 Å². The zero-order valence-electron chi connectivity index (χ0n) is 18.7. The number of anilines is 4. The van der Waals surface area contributed by atoms with Crippen molar-refractivity contribution in [2.24, 2.45) is 0 Å². The number of nitrogens with zero attached hydrogens (tertiary/aromatic N) is 3. The molecule has 9 heteroatoms. The average molecular weight is 467 g/mol. The lowest BCUT2D eigenvalue weighted by Crippen LogP contribution is -2.35. The van der Waals surface area contributed by atoms with Crippen LogP contribution in [0.3, 0.4) is 0 Å². The van der Waals surface area contributed by atoms with Crippen LogP contribution in [0.5, 0.6) is 5.75 Å². The Hall–Kier alpha value is -3.36. The number of amides is 1. The molecule has 6 bridgehead atoms. The monoisotopic (exact) mass is 466 g/mol. The minimum absolute atomic E-state index is 0.0190. The molecule has 1 aliphatic heterocycles. The summed E-state index contributed by atoms with van der Waals surface area (Å²) in [4.78, 5) is 23.0. The number of aryl methyl sites for hydroxylation is 1. The van der Waals surface area contributed by atoms with E-state index in [1.165, 1.54) is 6.33 Å². The minimum atomic E-state index is -0.0190. The Labute approximate surface area is 198 Å². The van der Waals surface area contributed by atoms with Gasteiger partial charge in [-0.3, -0.25) is 9.69 Å². The second-order valence-corrected chi connectivity index (χ2v) is 8.40. The lowest BCUT2D eigenvalue weighted by Gasteiger charge is -2.18. The molecule has 0 saturated carbocycles. The maximum absolute atomic E-state index is 12.4. The first-order chi connectivity index (χ1) is 16.0. The normalized spacial score (nSPS) is 15.2. The third-order valence-corrected chi connectivity index (χ3v) is 5.71. The molecule has 0 atom stereocenters. The highest BCUT2D eigenvalue weighted by molar-refractivity contribution is 6.31. The first-order valence-electron chi connectivity index (χ1n) is 10.8. The van der Waals surface area contributed by atoms with Gasteiger partial charge in [-0.25, -0.2) is 9.97 Å². The van der Waals surface area contributed by atoms with E-state index < -0.39 is 0 Å². The fraction of sp³-hybridized carbons (Fsp3) is 0.292. The second-order valence-electron chi connectivity index (χ2n) is 8.00. The standard InChI is InChI=1S/C24H27ClN6O2/c1-31-13-17-11-18(5-7-20(17)25)29-22-12-23(28-15-27-22)30-19-6-8-21(33-2)16(10-19)4-3-9-26-24(32)14-31/h5-8,10-12,15H,3-4,9,13-14H2,1-2H3,(H,26,32)(H2,27,28,29,30). The summed E-state index contributed by atoms with van der Waals surface area (Å²) in [5.41, 5.74) is 3.73. The number of ether oxygens (including phenoxy) is 1. The molecule has 2 aromatic carbocycles. The van der Waals surface area contributed by atoms with Crippen molar-refractivity contribution in [3.63, 3.8) is 0 Å². The summed E-state index contributed by atoms with van der Waals surface area (Å²) in [5, 5.41) is 10.3. The van der Waals surface area contributed by atoms with E-state index in [0.29, 0.717) is 29.7 Å². The van der Waals surface area contributed by atoms with Gasteiger partial charge in [0.15, 0.2) is 0 Å². The molecule has 0 spiro atoms. The van der Waals surface area contributed by atoms with Crippen LogP contribution in [-0.2, 0) is 17.8 Å². The molecule has 4 rings (SSSR count). The van der Waals surface area contributed by atoms with Crippen LogP contribution >= 0.6 is 11.6 Å². The van der Waals surface area contributed by atoms with E-state index in [9.17, 15) is 4.79 Å². The summed E-state index contributed by atoms with van der Waals surface area (Å²) in [6.45, 7) is 1.41. The molecular formula is C24H27ClN6O2. The van der Waals surface area contributed by atoms with Gasteiger partial charge in [-0.05, 0) is 67.4 Å². The number of aromatic nitrogens is 2. The summed E-state index contributed by atoms with van der Waals surface area (Å²) >= 11 is 6.41. The van der Waals surface area contributed by atoms with Gasteiger partial charge in [0.2, 0.25) is 5.91 Å². The number of benzene rings is 2. The number of carbonyl (C=O) groups excluding carboxylic acids is 1. The van der Waals surface area contributed by atoms with Crippen molar-refractivity contribution >= 4 is 40.5 Å². The number of halogens is 1. The van der Waals surface area contributed by atoms with Gasteiger partial charge in [0, 0.05) is 35.6 Å². The van der Waals surface area contributed by atoms with Crippen LogP contribution in [0.25, 0.3) is 0 Å². The van der Waals surface area contributed by atoms with E-state index in [1.807, 2.05) is 54.4 Å². The number of likely N-dealkylation sites (N-methyl/N-ethyl adjacent to an activating group) is 1. The summed E-state index contributed by atoms with van der Waals surface area (Å²) in [7, 11) is 3.56. The van der Waals surface area contributed by atoms with E-state index in [4.69, 9.17) is 16.3 Å². The molecule has 0 saturated heterocycles. The molecule has 172 valence electrons. The van der Waals surface area contributed by atoms with Crippen LogP contribution in [0.4, 0.5) is 23.0 Å². The van der Waals surface area contributed by atoms with Crippen molar-refractivity contribution in [2.75, 3.05) is 37.9 Å². The number of hydrogen-bond donors (Lipinski definition) is 3. The van der Waals surface area contributed by atoms with E-state index >= 15 is 0 Å². The predicted octanol–water partition coefficient (Wildman–Crippen LogP) is 4.12.